The molecule has 0 saturated carbocycles. The van der Waals surface area contributed by atoms with Crippen molar-refractivity contribution in [2.75, 3.05) is 5.75 Å². The van der Waals surface area contributed by atoms with Crippen molar-refractivity contribution in [3.05, 3.63) is 125 Å². The normalized spacial score (nSPS) is 18.3. The summed E-state index contributed by atoms with van der Waals surface area (Å²) in [5, 5.41) is 2.68. The summed E-state index contributed by atoms with van der Waals surface area (Å²) in [6.07, 6.45) is 0. The fourth-order valence-corrected chi connectivity index (χ4v) is 8.32. The number of rotatable bonds is 1. The lowest BCUT2D eigenvalue weighted by Crippen LogP contribution is -2.14. The van der Waals surface area contributed by atoms with Crippen LogP contribution >= 0.6 is 23.5 Å². The van der Waals surface area contributed by atoms with Crippen molar-refractivity contribution in [3.63, 3.8) is 0 Å². The van der Waals surface area contributed by atoms with Crippen molar-refractivity contribution in [1.82, 2.24) is 0 Å². The van der Waals surface area contributed by atoms with E-state index in [-0.39, 0.29) is 0 Å². The Bertz CT molecular complexity index is 1720. The Hall–Kier alpha value is -3.20. The molecule has 0 nitrogen and oxygen atoms in total. The minimum Gasteiger partial charge on any atom is -0.125 e. The minimum atomic E-state index is 0.450. The predicted molar refractivity (Wildman–Crippen MR) is 162 cm³/mol. The Kier molecular flexibility index (Phi) is 5.57. The first-order chi connectivity index (χ1) is 18.1. The van der Waals surface area contributed by atoms with Crippen LogP contribution in [0.1, 0.15) is 34.7 Å². The van der Waals surface area contributed by atoms with E-state index in [0.29, 0.717) is 5.92 Å². The van der Waals surface area contributed by atoms with Gasteiger partial charge in [-0.2, -0.15) is 0 Å². The van der Waals surface area contributed by atoms with Gasteiger partial charge in [-0.3, -0.25) is 0 Å². The lowest BCUT2D eigenvalue weighted by atomic mass is 9.81. The van der Waals surface area contributed by atoms with Crippen LogP contribution in [0.15, 0.2) is 112 Å². The third-order valence-electron chi connectivity index (χ3n) is 7.81. The zero-order valence-electron chi connectivity index (χ0n) is 21.3. The van der Waals surface area contributed by atoms with Crippen LogP contribution in [0.5, 0.6) is 0 Å². The zero-order valence-corrected chi connectivity index (χ0v) is 23.0. The number of hydrogen-bond donors (Lipinski definition) is 0. The average molecular weight is 513 g/mol. The number of fused-ring (bicyclic) bond motifs is 5. The van der Waals surface area contributed by atoms with Crippen LogP contribution in [-0.4, -0.2) is 5.75 Å². The molecule has 37 heavy (non-hydrogen) atoms. The molecule has 2 aliphatic heterocycles. The Balaban J connectivity index is 1.59. The highest BCUT2D eigenvalue weighted by molar-refractivity contribution is 7.99. The van der Waals surface area contributed by atoms with Gasteiger partial charge in [0.15, 0.2) is 0 Å². The minimum absolute atomic E-state index is 0.450. The van der Waals surface area contributed by atoms with Crippen molar-refractivity contribution in [2.24, 2.45) is 5.92 Å². The van der Waals surface area contributed by atoms with E-state index >= 15 is 0 Å². The first-order valence-electron chi connectivity index (χ1n) is 13.0. The van der Waals surface area contributed by atoms with E-state index in [1.54, 1.807) is 0 Å². The Morgan fingerprint density at radius 3 is 2.24 bits per heavy atom. The average Bonchev–Trinajstić information content (AvgIpc) is 2.92. The second kappa shape index (κ2) is 8.97. The van der Waals surface area contributed by atoms with E-state index in [1.165, 1.54) is 75.5 Å². The van der Waals surface area contributed by atoms with E-state index in [1.807, 2.05) is 23.5 Å². The smallest absolute Gasteiger partial charge is 0.0201 e. The van der Waals surface area contributed by atoms with Gasteiger partial charge >= 0.3 is 0 Å². The van der Waals surface area contributed by atoms with Gasteiger partial charge in [-0.1, -0.05) is 91.5 Å². The molecule has 7 rings (SSSR count). The second-order valence-corrected chi connectivity index (χ2v) is 12.4. The highest BCUT2D eigenvalue weighted by Gasteiger charge is 2.31. The lowest BCUT2D eigenvalue weighted by Gasteiger charge is -2.32. The van der Waals surface area contributed by atoms with Crippen molar-refractivity contribution < 1.29 is 0 Å². The van der Waals surface area contributed by atoms with Crippen LogP contribution in [0.3, 0.4) is 0 Å². The van der Waals surface area contributed by atoms with Crippen LogP contribution in [0, 0.1) is 19.8 Å². The summed E-state index contributed by atoms with van der Waals surface area (Å²) in [5.74, 6) is 1.55. The molecule has 180 valence electrons. The van der Waals surface area contributed by atoms with Gasteiger partial charge in [0.25, 0.3) is 0 Å². The lowest BCUT2D eigenvalue weighted by molar-refractivity contribution is 0.858. The molecule has 5 aromatic rings. The van der Waals surface area contributed by atoms with Gasteiger partial charge in [-0.25, -0.2) is 0 Å². The predicted octanol–water partition coefficient (Wildman–Crippen LogP) is 10.3. The highest BCUT2D eigenvalue weighted by Crippen LogP contribution is 2.54. The van der Waals surface area contributed by atoms with E-state index < -0.39 is 0 Å². The van der Waals surface area contributed by atoms with Crippen molar-refractivity contribution in [2.45, 2.75) is 35.5 Å². The maximum absolute atomic E-state index is 2.47. The quantitative estimate of drug-likeness (QED) is 0.215. The first-order valence-corrected chi connectivity index (χ1v) is 14.8. The summed E-state index contributed by atoms with van der Waals surface area (Å²) >= 11 is 3.92. The monoisotopic (exact) mass is 512 g/mol. The van der Waals surface area contributed by atoms with Gasteiger partial charge in [0, 0.05) is 20.4 Å². The summed E-state index contributed by atoms with van der Waals surface area (Å²) in [6.45, 7) is 6.88. The molecule has 1 atom stereocenters. The van der Waals surface area contributed by atoms with E-state index in [2.05, 4.69) is 118 Å². The molecular weight excluding hydrogens is 485 g/mol. The molecule has 0 aromatic heterocycles. The molecule has 0 bridgehead atoms. The Morgan fingerprint density at radius 2 is 1.38 bits per heavy atom. The van der Waals surface area contributed by atoms with Gasteiger partial charge in [0.1, 0.15) is 0 Å². The number of hydrogen-bond acceptors (Lipinski definition) is 2. The highest BCUT2D eigenvalue weighted by atomic mass is 32.2. The molecule has 0 spiro atoms. The summed E-state index contributed by atoms with van der Waals surface area (Å²) in [5.41, 5.74) is 12.4. The number of allylic oxidation sites excluding steroid dienone is 1. The van der Waals surface area contributed by atoms with Crippen LogP contribution in [0.2, 0.25) is 0 Å². The van der Waals surface area contributed by atoms with E-state index in [0.717, 1.165) is 5.75 Å². The zero-order chi connectivity index (χ0) is 25.1. The molecule has 1 unspecified atom stereocenters. The molecular formula is C35H28S2. The van der Waals surface area contributed by atoms with Crippen LogP contribution < -0.4 is 0 Å². The molecule has 0 saturated heterocycles. The molecule has 0 amide bonds. The SMILES string of the molecule is Cc1cccc(C)c1-c1ccc2c(c1)/C(=C1/c3c(ccc4ccccc34)SCC1C)c1ccccc1S2. The molecule has 0 N–H and O–H groups in total. The molecule has 2 aliphatic rings. The Labute approximate surface area is 227 Å². The molecule has 0 fully saturated rings. The number of thioether (sulfide) groups is 1. The van der Waals surface area contributed by atoms with E-state index in [4.69, 9.17) is 0 Å². The van der Waals surface area contributed by atoms with Gasteiger partial charge in [-0.05, 0) is 105 Å². The van der Waals surface area contributed by atoms with E-state index in [9.17, 15) is 0 Å². The summed E-state index contributed by atoms with van der Waals surface area (Å²) in [7, 11) is 0. The van der Waals surface area contributed by atoms with Crippen molar-refractivity contribution >= 4 is 45.4 Å². The maximum atomic E-state index is 2.47. The standard InChI is InChI=1S/C35H28S2/c1-21-9-8-10-22(2)32(21)25-16-17-30-28(19-25)34(27-13-6-7-14-29(27)37-30)33-23(3)20-36-31-18-15-24-11-4-5-12-26(24)35(31)33/h4-19,23H,20H2,1-3H3/b34-33+. The van der Waals surface area contributed by atoms with Crippen molar-refractivity contribution in [3.8, 4) is 11.1 Å². The number of benzene rings is 5. The number of aryl methyl sites for hydroxylation is 2. The maximum Gasteiger partial charge on any atom is 0.0201 e. The topological polar surface area (TPSA) is 0 Å². The largest absolute Gasteiger partial charge is 0.125 e. The van der Waals surface area contributed by atoms with Gasteiger partial charge in [0.05, 0.1) is 0 Å². The first kappa shape index (κ1) is 23.0. The van der Waals surface area contributed by atoms with Crippen molar-refractivity contribution in [1.29, 1.82) is 0 Å². The third kappa shape index (κ3) is 3.69. The Morgan fingerprint density at radius 1 is 0.649 bits per heavy atom. The molecule has 0 aliphatic carbocycles. The molecule has 2 heterocycles. The fraction of sp³-hybridized carbons (Fsp3) is 0.143. The second-order valence-electron chi connectivity index (χ2n) is 10.2. The van der Waals surface area contributed by atoms with Gasteiger partial charge in [0.2, 0.25) is 0 Å². The third-order valence-corrected chi connectivity index (χ3v) is 10.3. The summed E-state index contributed by atoms with van der Waals surface area (Å²) in [6, 6.07) is 36.3. The molecule has 5 aromatic carbocycles. The summed E-state index contributed by atoms with van der Waals surface area (Å²) in [4.78, 5) is 4.11. The summed E-state index contributed by atoms with van der Waals surface area (Å²) < 4.78 is 0. The van der Waals surface area contributed by atoms with Crippen LogP contribution in [0.25, 0.3) is 33.0 Å². The van der Waals surface area contributed by atoms with Crippen LogP contribution in [0.4, 0.5) is 0 Å². The van der Waals surface area contributed by atoms with Crippen LogP contribution in [-0.2, 0) is 0 Å². The molecule has 2 heteroatoms. The van der Waals surface area contributed by atoms with Gasteiger partial charge in [-0.15, -0.1) is 11.8 Å². The molecule has 0 radical (unpaired) electrons. The van der Waals surface area contributed by atoms with Gasteiger partial charge < -0.3 is 0 Å². The fourth-order valence-electron chi connectivity index (χ4n) is 6.12.